The average molecular weight is 466 g/mol. The molecule has 3 amide bonds. The molecular formula is C16H31IN6O2. The van der Waals surface area contributed by atoms with Gasteiger partial charge in [0.2, 0.25) is 5.91 Å². The molecule has 2 rings (SSSR count). The maximum Gasteiger partial charge on any atom is 0.324 e. The quantitative estimate of drug-likeness (QED) is 0.248. The molecule has 2 fully saturated rings. The molecule has 0 saturated carbocycles. The number of guanidine groups is 1. The van der Waals surface area contributed by atoms with Crippen LogP contribution in [0.2, 0.25) is 0 Å². The van der Waals surface area contributed by atoms with E-state index in [1.54, 1.807) is 0 Å². The Kier molecular flexibility index (Phi) is 9.47. The molecule has 0 aromatic heterocycles. The van der Waals surface area contributed by atoms with Crippen LogP contribution in [0.1, 0.15) is 27.2 Å². The van der Waals surface area contributed by atoms with E-state index in [0.717, 1.165) is 45.1 Å². The van der Waals surface area contributed by atoms with Crippen molar-refractivity contribution in [2.75, 3.05) is 52.4 Å². The lowest BCUT2D eigenvalue weighted by Crippen LogP contribution is -2.43. The maximum absolute atomic E-state index is 11.6. The Balaban J connectivity index is 0.00000312. The summed E-state index contributed by atoms with van der Waals surface area (Å²) in [7, 11) is 0. The van der Waals surface area contributed by atoms with Gasteiger partial charge in [-0.3, -0.25) is 19.6 Å². The molecular weight excluding hydrogens is 435 g/mol. The number of nitrogens with zero attached hydrogens (tertiary/aromatic N) is 4. The minimum absolute atomic E-state index is 0. The van der Waals surface area contributed by atoms with Gasteiger partial charge in [-0.05, 0) is 26.4 Å². The Bertz CT molecular complexity index is 467. The minimum Gasteiger partial charge on any atom is -0.357 e. The van der Waals surface area contributed by atoms with Crippen LogP contribution in [0.25, 0.3) is 0 Å². The Morgan fingerprint density at radius 2 is 2.04 bits per heavy atom. The van der Waals surface area contributed by atoms with E-state index in [9.17, 15) is 9.59 Å². The lowest BCUT2D eigenvalue weighted by atomic mass is 10.2. The molecule has 0 radical (unpaired) electrons. The maximum atomic E-state index is 11.6. The van der Waals surface area contributed by atoms with Gasteiger partial charge in [0.1, 0.15) is 0 Å². The van der Waals surface area contributed by atoms with Gasteiger partial charge in [0.25, 0.3) is 0 Å². The molecule has 2 heterocycles. The van der Waals surface area contributed by atoms with E-state index in [1.165, 1.54) is 4.90 Å². The van der Waals surface area contributed by atoms with Crippen molar-refractivity contribution in [3.8, 4) is 0 Å². The van der Waals surface area contributed by atoms with Crippen molar-refractivity contribution >= 4 is 41.9 Å². The topological polar surface area (TPSA) is 80.3 Å². The smallest absolute Gasteiger partial charge is 0.324 e. The van der Waals surface area contributed by atoms with Crippen molar-refractivity contribution in [2.24, 2.45) is 4.99 Å². The molecule has 8 nitrogen and oxygen atoms in total. The van der Waals surface area contributed by atoms with Gasteiger partial charge >= 0.3 is 6.03 Å². The van der Waals surface area contributed by atoms with Crippen molar-refractivity contribution in [2.45, 2.75) is 33.2 Å². The lowest BCUT2D eigenvalue weighted by Gasteiger charge is -2.27. The fourth-order valence-corrected chi connectivity index (χ4v) is 3.34. The predicted molar refractivity (Wildman–Crippen MR) is 109 cm³/mol. The lowest BCUT2D eigenvalue weighted by molar-refractivity contribution is -0.124. The number of rotatable bonds is 7. The molecule has 144 valence electrons. The number of likely N-dealkylation sites (N-methyl/N-ethyl adjacent to an activating group) is 1. The normalized spacial score (nSPS) is 21.0. The highest BCUT2D eigenvalue weighted by atomic mass is 127. The van der Waals surface area contributed by atoms with Gasteiger partial charge in [-0.15, -0.1) is 24.0 Å². The fraction of sp³-hybridized carbons (Fsp3) is 0.812. The van der Waals surface area contributed by atoms with Gasteiger partial charge in [-0.2, -0.15) is 0 Å². The zero-order chi connectivity index (χ0) is 17.5. The summed E-state index contributed by atoms with van der Waals surface area (Å²) >= 11 is 0. The van der Waals surface area contributed by atoms with Crippen LogP contribution >= 0.6 is 24.0 Å². The van der Waals surface area contributed by atoms with Crippen LogP contribution in [0.3, 0.4) is 0 Å². The highest BCUT2D eigenvalue weighted by Gasteiger charge is 2.29. The summed E-state index contributed by atoms with van der Waals surface area (Å²) in [4.78, 5) is 33.7. The van der Waals surface area contributed by atoms with Crippen LogP contribution in [0.5, 0.6) is 0 Å². The van der Waals surface area contributed by atoms with Gasteiger partial charge < -0.3 is 15.5 Å². The largest absolute Gasteiger partial charge is 0.357 e. The first-order valence-electron chi connectivity index (χ1n) is 8.96. The number of aliphatic imine (C=N–C) groups is 1. The standard InChI is InChI=1S/C16H30N6O2.HI/c1-4-17-15(18-8-10-22-14(23)11-19-16(22)24)21-9-7-13(12-21)20(5-2)6-3;/h13H,4-12H2,1-3H3,(H,17,18)(H,19,24);1H. The molecule has 2 aliphatic rings. The summed E-state index contributed by atoms with van der Waals surface area (Å²) in [5.41, 5.74) is 0. The first-order chi connectivity index (χ1) is 11.6. The van der Waals surface area contributed by atoms with E-state index in [1.807, 2.05) is 6.92 Å². The van der Waals surface area contributed by atoms with E-state index < -0.39 is 0 Å². The van der Waals surface area contributed by atoms with Crippen LogP contribution in [0.15, 0.2) is 4.99 Å². The summed E-state index contributed by atoms with van der Waals surface area (Å²) in [5.74, 6) is 0.696. The molecule has 0 aromatic rings. The van der Waals surface area contributed by atoms with Crippen molar-refractivity contribution in [3.05, 3.63) is 0 Å². The Morgan fingerprint density at radius 3 is 2.60 bits per heavy atom. The zero-order valence-corrected chi connectivity index (χ0v) is 17.8. The zero-order valence-electron chi connectivity index (χ0n) is 15.5. The molecule has 0 bridgehead atoms. The number of nitrogens with one attached hydrogen (secondary N) is 2. The summed E-state index contributed by atoms with van der Waals surface area (Å²) in [5, 5.41) is 5.85. The first kappa shape index (κ1) is 21.9. The number of likely N-dealkylation sites (tertiary alicyclic amines) is 1. The number of hydrogen-bond acceptors (Lipinski definition) is 4. The average Bonchev–Trinajstić information content (AvgIpc) is 3.17. The number of carbonyl (C=O) groups excluding carboxylic acids is 2. The molecule has 25 heavy (non-hydrogen) atoms. The summed E-state index contributed by atoms with van der Waals surface area (Å²) in [6.07, 6.45) is 1.14. The van der Waals surface area contributed by atoms with Crippen molar-refractivity contribution in [1.29, 1.82) is 0 Å². The highest BCUT2D eigenvalue weighted by Crippen LogP contribution is 2.15. The number of urea groups is 1. The molecule has 0 aliphatic carbocycles. The molecule has 2 saturated heterocycles. The minimum atomic E-state index is -0.317. The predicted octanol–water partition coefficient (Wildman–Crippen LogP) is 0.538. The van der Waals surface area contributed by atoms with Gasteiger partial charge in [-0.25, -0.2) is 4.79 Å². The summed E-state index contributed by atoms with van der Waals surface area (Å²) in [6.45, 7) is 12.2. The van der Waals surface area contributed by atoms with E-state index in [-0.39, 0.29) is 42.5 Å². The summed E-state index contributed by atoms with van der Waals surface area (Å²) < 4.78 is 0. The highest BCUT2D eigenvalue weighted by molar-refractivity contribution is 14.0. The van der Waals surface area contributed by atoms with Crippen molar-refractivity contribution < 1.29 is 9.59 Å². The molecule has 0 aromatic carbocycles. The number of halogens is 1. The van der Waals surface area contributed by atoms with Crippen LogP contribution < -0.4 is 10.6 Å². The number of amides is 3. The van der Waals surface area contributed by atoms with Crippen LogP contribution in [-0.4, -0.2) is 91.0 Å². The van der Waals surface area contributed by atoms with Crippen LogP contribution in [-0.2, 0) is 4.79 Å². The second kappa shape index (κ2) is 10.8. The Morgan fingerprint density at radius 1 is 1.32 bits per heavy atom. The second-order valence-electron chi connectivity index (χ2n) is 6.05. The molecule has 2 N–H and O–H groups in total. The molecule has 2 aliphatic heterocycles. The third-order valence-corrected chi connectivity index (χ3v) is 4.65. The second-order valence-corrected chi connectivity index (χ2v) is 6.05. The van der Waals surface area contributed by atoms with E-state index in [4.69, 9.17) is 0 Å². The molecule has 9 heteroatoms. The third kappa shape index (κ3) is 5.70. The van der Waals surface area contributed by atoms with E-state index >= 15 is 0 Å². The van der Waals surface area contributed by atoms with Gasteiger partial charge in [0.15, 0.2) is 5.96 Å². The van der Waals surface area contributed by atoms with Crippen molar-refractivity contribution in [3.63, 3.8) is 0 Å². The fourth-order valence-electron chi connectivity index (χ4n) is 3.34. The SMILES string of the molecule is CCNC(=NCCN1C(=O)CNC1=O)N1CCC(N(CC)CC)C1.I. The van der Waals surface area contributed by atoms with Gasteiger partial charge in [0, 0.05) is 25.7 Å². The number of imide groups is 1. The Hall–Kier alpha value is -1.10. The summed E-state index contributed by atoms with van der Waals surface area (Å²) in [6, 6.07) is 0.248. The van der Waals surface area contributed by atoms with Crippen LogP contribution in [0, 0.1) is 0 Å². The monoisotopic (exact) mass is 466 g/mol. The molecule has 1 atom stereocenters. The van der Waals surface area contributed by atoms with Crippen molar-refractivity contribution in [1.82, 2.24) is 25.3 Å². The molecule has 0 spiro atoms. The van der Waals surface area contributed by atoms with E-state index in [0.29, 0.717) is 19.1 Å². The first-order valence-corrected chi connectivity index (χ1v) is 8.96. The number of hydrogen-bond donors (Lipinski definition) is 2. The number of carbonyl (C=O) groups is 2. The van der Waals surface area contributed by atoms with Gasteiger partial charge in [-0.1, -0.05) is 13.8 Å². The van der Waals surface area contributed by atoms with E-state index in [2.05, 4.69) is 39.3 Å². The third-order valence-electron chi connectivity index (χ3n) is 4.65. The Labute approximate surface area is 167 Å². The molecule has 1 unspecified atom stereocenters. The van der Waals surface area contributed by atoms with Crippen LogP contribution in [0.4, 0.5) is 4.79 Å². The van der Waals surface area contributed by atoms with Gasteiger partial charge in [0.05, 0.1) is 19.6 Å².